The molecule has 0 fully saturated rings. The summed E-state index contributed by atoms with van der Waals surface area (Å²) in [5.74, 6) is 1.17. The largest absolute Gasteiger partial charge is 0.496 e. The van der Waals surface area contributed by atoms with Crippen molar-refractivity contribution in [3.8, 4) is 11.4 Å². The number of nitrogens with zero attached hydrogens (tertiary/aromatic N) is 4. The van der Waals surface area contributed by atoms with E-state index in [0.717, 1.165) is 33.5 Å². The highest BCUT2D eigenvalue weighted by molar-refractivity contribution is 8.00. The molecule has 0 aliphatic heterocycles. The molecular formula is C30H28N6O2S. The number of fused-ring (bicyclic) bond motifs is 1. The molecule has 5 rings (SSSR count). The van der Waals surface area contributed by atoms with Gasteiger partial charge in [-0.15, -0.1) is 10.2 Å². The van der Waals surface area contributed by atoms with Gasteiger partial charge in [0, 0.05) is 22.3 Å². The molecule has 9 heteroatoms. The summed E-state index contributed by atoms with van der Waals surface area (Å²) in [7, 11) is 1.60. The molecule has 1 aromatic heterocycles. The lowest BCUT2D eigenvalue weighted by Crippen LogP contribution is -2.27. The van der Waals surface area contributed by atoms with E-state index in [1.807, 2.05) is 84.3 Å². The molecule has 0 unspecified atom stereocenters. The molecule has 5 aromatic rings. The number of hydrazone groups is 1. The number of methoxy groups -OCH3 is 1. The molecule has 39 heavy (non-hydrogen) atoms. The molecule has 1 atom stereocenters. The third kappa shape index (κ3) is 6.10. The number of carbonyl (C=O) groups excluding carboxylic acids is 1. The van der Waals surface area contributed by atoms with Crippen LogP contribution in [0.5, 0.6) is 5.75 Å². The van der Waals surface area contributed by atoms with E-state index in [1.54, 1.807) is 13.3 Å². The van der Waals surface area contributed by atoms with Crippen molar-refractivity contribution in [1.29, 1.82) is 0 Å². The van der Waals surface area contributed by atoms with Crippen LogP contribution >= 0.6 is 11.8 Å². The molecule has 0 spiro atoms. The highest BCUT2D eigenvalue weighted by Crippen LogP contribution is 2.28. The number of anilines is 1. The zero-order valence-corrected chi connectivity index (χ0v) is 22.4. The van der Waals surface area contributed by atoms with Crippen molar-refractivity contribution in [1.82, 2.24) is 20.2 Å². The van der Waals surface area contributed by atoms with E-state index in [9.17, 15) is 4.79 Å². The van der Waals surface area contributed by atoms with E-state index in [2.05, 4.69) is 50.3 Å². The number of hydrogen-bond acceptors (Lipinski definition) is 7. The Bertz CT molecular complexity index is 1600. The maximum atomic E-state index is 12.8. The Balaban J connectivity index is 1.32. The molecule has 1 amide bonds. The van der Waals surface area contributed by atoms with Crippen molar-refractivity contribution in [2.45, 2.75) is 23.9 Å². The quantitative estimate of drug-likeness (QED) is 0.136. The van der Waals surface area contributed by atoms with Gasteiger partial charge in [0.05, 0.1) is 25.1 Å². The van der Waals surface area contributed by atoms with Gasteiger partial charge in [0.15, 0.2) is 11.0 Å². The molecule has 1 heterocycles. The van der Waals surface area contributed by atoms with Crippen LogP contribution in [0.3, 0.4) is 0 Å². The highest BCUT2D eigenvalue weighted by atomic mass is 32.2. The Morgan fingerprint density at radius 1 is 0.974 bits per heavy atom. The third-order valence-corrected chi connectivity index (χ3v) is 7.15. The minimum atomic E-state index is -0.467. The topological polar surface area (TPSA) is 93.4 Å². The van der Waals surface area contributed by atoms with E-state index in [1.165, 1.54) is 11.8 Å². The lowest BCUT2D eigenvalue weighted by Gasteiger charge is -2.14. The van der Waals surface area contributed by atoms with Crippen LogP contribution in [-0.2, 0) is 11.3 Å². The number of nitrogens with one attached hydrogen (secondary N) is 2. The van der Waals surface area contributed by atoms with E-state index in [0.29, 0.717) is 17.5 Å². The summed E-state index contributed by atoms with van der Waals surface area (Å²) in [5.41, 5.74) is 5.32. The standard InChI is InChI=1S/C30H28N6O2S/c1-21(29(37)34-32-19-23-12-7-9-18-27(23)38-2)39-30-35-33-28(36(30)24-14-4-3-5-15-24)20-31-26-17-10-13-22-11-6-8-16-25(22)26/h3-19,21,31H,20H2,1-2H3,(H,34,37)/b32-19-/t21-/m1/s1. The zero-order valence-electron chi connectivity index (χ0n) is 21.6. The third-order valence-electron chi connectivity index (χ3n) is 6.11. The molecule has 0 radical (unpaired) electrons. The van der Waals surface area contributed by atoms with Crippen molar-refractivity contribution in [2.75, 3.05) is 12.4 Å². The summed E-state index contributed by atoms with van der Waals surface area (Å²) >= 11 is 1.32. The second-order valence-corrected chi connectivity index (χ2v) is 9.99. The van der Waals surface area contributed by atoms with Gasteiger partial charge in [-0.25, -0.2) is 5.43 Å². The van der Waals surface area contributed by atoms with Crippen LogP contribution < -0.4 is 15.5 Å². The average Bonchev–Trinajstić information content (AvgIpc) is 3.38. The van der Waals surface area contributed by atoms with Crippen LogP contribution in [-0.4, -0.2) is 39.2 Å². The smallest absolute Gasteiger partial charge is 0.253 e. The Morgan fingerprint density at radius 2 is 1.72 bits per heavy atom. The molecule has 4 aromatic carbocycles. The van der Waals surface area contributed by atoms with Crippen LogP contribution in [0, 0.1) is 0 Å². The van der Waals surface area contributed by atoms with E-state index >= 15 is 0 Å². The van der Waals surface area contributed by atoms with E-state index < -0.39 is 5.25 Å². The van der Waals surface area contributed by atoms with Crippen LogP contribution in [0.4, 0.5) is 5.69 Å². The highest BCUT2D eigenvalue weighted by Gasteiger charge is 2.21. The van der Waals surface area contributed by atoms with Gasteiger partial charge < -0.3 is 10.1 Å². The van der Waals surface area contributed by atoms with Gasteiger partial charge in [-0.3, -0.25) is 9.36 Å². The van der Waals surface area contributed by atoms with Crippen molar-refractivity contribution >= 4 is 40.3 Å². The molecular weight excluding hydrogens is 508 g/mol. The average molecular weight is 537 g/mol. The Morgan fingerprint density at radius 3 is 2.56 bits per heavy atom. The summed E-state index contributed by atoms with van der Waals surface area (Å²) < 4.78 is 7.30. The van der Waals surface area contributed by atoms with Crippen molar-refractivity contribution in [2.24, 2.45) is 5.10 Å². The van der Waals surface area contributed by atoms with Crippen molar-refractivity contribution in [3.63, 3.8) is 0 Å². The first-order valence-electron chi connectivity index (χ1n) is 12.5. The van der Waals surface area contributed by atoms with Crippen LogP contribution in [0.15, 0.2) is 107 Å². The predicted molar refractivity (Wildman–Crippen MR) is 157 cm³/mol. The van der Waals surface area contributed by atoms with Crippen molar-refractivity contribution < 1.29 is 9.53 Å². The van der Waals surface area contributed by atoms with Crippen LogP contribution in [0.25, 0.3) is 16.5 Å². The number of benzene rings is 4. The Labute approximate surface area is 231 Å². The maximum absolute atomic E-state index is 12.8. The number of hydrogen-bond donors (Lipinski definition) is 2. The normalized spacial score (nSPS) is 11.9. The van der Waals surface area contributed by atoms with Gasteiger partial charge in [-0.2, -0.15) is 5.10 Å². The summed E-state index contributed by atoms with van der Waals surface area (Å²) in [6.07, 6.45) is 1.57. The van der Waals surface area contributed by atoms with Gasteiger partial charge in [0.25, 0.3) is 5.91 Å². The first-order chi connectivity index (χ1) is 19.1. The second-order valence-electron chi connectivity index (χ2n) is 8.69. The summed E-state index contributed by atoms with van der Waals surface area (Å²) in [4.78, 5) is 12.8. The summed E-state index contributed by atoms with van der Waals surface area (Å²) in [6, 6.07) is 31.8. The molecule has 2 N–H and O–H groups in total. The molecule has 0 saturated carbocycles. The van der Waals surface area contributed by atoms with E-state index in [4.69, 9.17) is 4.74 Å². The van der Waals surface area contributed by atoms with Gasteiger partial charge in [0.1, 0.15) is 5.75 Å². The Hall–Kier alpha value is -4.63. The number of thioether (sulfide) groups is 1. The first kappa shape index (κ1) is 26.0. The lowest BCUT2D eigenvalue weighted by molar-refractivity contribution is -0.120. The van der Waals surface area contributed by atoms with Gasteiger partial charge >= 0.3 is 0 Å². The fourth-order valence-corrected chi connectivity index (χ4v) is 5.00. The van der Waals surface area contributed by atoms with Crippen LogP contribution in [0.2, 0.25) is 0 Å². The number of amides is 1. The molecule has 0 bridgehead atoms. The van der Waals surface area contributed by atoms with Gasteiger partial charge in [-0.05, 0) is 42.6 Å². The van der Waals surface area contributed by atoms with Gasteiger partial charge in [-0.1, -0.05) is 78.5 Å². The number of ether oxygens (including phenoxy) is 1. The minimum Gasteiger partial charge on any atom is -0.496 e. The van der Waals surface area contributed by atoms with Gasteiger partial charge in [0.2, 0.25) is 0 Å². The lowest BCUT2D eigenvalue weighted by atomic mass is 10.1. The molecule has 0 aliphatic carbocycles. The molecule has 196 valence electrons. The fraction of sp³-hybridized carbons (Fsp3) is 0.133. The SMILES string of the molecule is COc1ccccc1/C=N\NC(=O)[C@@H](C)Sc1nnc(CNc2cccc3ccccc23)n1-c1ccccc1. The number of rotatable bonds is 10. The Kier molecular flexibility index (Phi) is 8.18. The van der Waals surface area contributed by atoms with E-state index in [-0.39, 0.29) is 5.91 Å². The zero-order chi connectivity index (χ0) is 27.0. The fourth-order valence-electron chi connectivity index (χ4n) is 4.12. The first-order valence-corrected chi connectivity index (χ1v) is 13.4. The monoisotopic (exact) mass is 536 g/mol. The maximum Gasteiger partial charge on any atom is 0.253 e. The second kappa shape index (κ2) is 12.3. The predicted octanol–water partition coefficient (Wildman–Crippen LogP) is 5.67. The number of aromatic nitrogens is 3. The molecule has 0 saturated heterocycles. The summed E-state index contributed by atoms with van der Waals surface area (Å²) in [5, 5.41) is 19.0. The minimum absolute atomic E-state index is 0.246. The number of para-hydroxylation sites is 2. The molecule has 0 aliphatic rings. The summed E-state index contributed by atoms with van der Waals surface area (Å²) in [6.45, 7) is 2.27. The van der Waals surface area contributed by atoms with Crippen molar-refractivity contribution in [3.05, 3.63) is 108 Å². The van der Waals surface area contributed by atoms with Crippen LogP contribution in [0.1, 0.15) is 18.3 Å². The number of carbonyl (C=O) groups is 1. The molecule has 8 nitrogen and oxygen atoms in total.